The molecule has 0 bridgehead atoms. The molecule has 0 N–H and O–H groups in total. The van der Waals surface area contributed by atoms with Gasteiger partial charge in [0.15, 0.2) is 0 Å². The van der Waals surface area contributed by atoms with Crippen molar-refractivity contribution in [3.63, 3.8) is 0 Å². The van der Waals surface area contributed by atoms with Crippen LogP contribution in [0.2, 0.25) is 0 Å². The zero-order valence-electron chi connectivity index (χ0n) is 34.6. The van der Waals surface area contributed by atoms with Crippen LogP contribution in [0.1, 0.15) is 183 Å². The Balaban J connectivity index is 0.988. The molecule has 290 valence electrons. The highest BCUT2D eigenvalue weighted by Gasteiger charge is 2.60. The average Bonchev–Trinajstić information content (AvgIpc) is 3.73. The molecule has 9 aliphatic rings. The number of hydrogen-bond acceptors (Lipinski definition) is 3. The fraction of sp³-hybridized carbons (Fsp3) is 1.00. The molecule has 0 aromatic heterocycles. The predicted octanol–water partition coefficient (Wildman–Crippen LogP) is 11.4. The van der Waals surface area contributed by atoms with Gasteiger partial charge in [0.2, 0.25) is 0 Å². The van der Waals surface area contributed by atoms with Gasteiger partial charge in [0.1, 0.15) is 0 Å². The SMILES string of the molecule is CCCCC(CC)CN1C2CCC(N3C4CCC(C)CC4C4CC(C)CCC43)CC2C2CC(N3C4CCC(C)CC4C4CC(C)CCC43)CCC21. The van der Waals surface area contributed by atoms with Crippen LogP contribution in [0.3, 0.4) is 0 Å². The maximum atomic E-state index is 3.35. The van der Waals surface area contributed by atoms with Gasteiger partial charge in [-0.3, -0.25) is 14.7 Å². The first-order valence-corrected chi connectivity index (χ1v) is 24.1. The molecule has 0 amide bonds. The molecule has 9 fully saturated rings. The topological polar surface area (TPSA) is 9.72 Å². The number of nitrogens with zero attached hydrogens (tertiary/aromatic N) is 3. The van der Waals surface area contributed by atoms with Crippen molar-refractivity contribution in [1.29, 1.82) is 0 Å². The summed E-state index contributed by atoms with van der Waals surface area (Å²) in [6.07, 6.45) is 33.1. The first-order valence-electron chi connectivity index (χ1n) is 24.1. The third-order valence-electron chi connectivity index (χ3n) is 19.1. The van der Waals surface area contributed by atoms with Gasteiger partial charge in [0.25, 0.3) is 0 Å². The van der Waals surface area contributed by atoms with Crippen molar-refractivity contribution in [3.8, 4) is 0 Å². The highest BCUT2D eigenvalue weighted by atomic mass is 15.3. The summed E-state index contributed by atoms with van der Waals surface area (Å²) in [4.78, 5) is 9.96. The van der Waals surface area contributed by atoms with E-state index in [1.54, 1.807) is 38.5 Å². The highest BCUT2D eigenvalue weighted by Crippen LogP contribution is 2.58. The molecule has 0 aromatic rings. The Kier molecular flexibility index (Phi) is 10.8. The van der Waals surface area contributed by atoms with Gasteiger partial charge in [0.05, 0.1) is 0 Å². The van der Waals surface area contributed by atoms with Crippen LogP contribution in [0.15, 0.2) is 0 Å². The van der Waals surface area contributed by atoms with Gasteiger partial charge in [-0.05, 0) is 187 Å². The summed E-state index contributed by atoms with van der Waals surface area (Å²) >= 11 is 0. The van der Waals surface area contributed by atoms with Crippen LogP contribution in [0.25, 0.3) is 0 Å². The lowest BCUT2D eigenvalue weighted by atomic mass is 9.69. The Morgan fingerprint density at radius 3 is 1.14 bits per heavy atom. The molecule has 19 atom stereocenters. The second-order valence-corrected chi connectivity index (χ2v) is 22.0. The third kappa shape index (κ3) is 6.57. The quantitative estimate of drug-likeness (QED) is 0.249. The van der Waals surface area contributed by atoms with Crippen LogP contribution >= 0.6 is 0 Å². The van der Waals surface area contributed by atoms with E-state index in [2.05, 4.69) is 56.2 Å². The minimum absolute atomic E-state index is 0.888. The summed E-state index contributed by atoms with van der Waals surface area (Å²) in [5.74, 6) is 10.8. The summed E-state index contributed by atoms with van der Waals surface area (Å²) in [7, 11) is 0. The average molecular weight is 702 g/mol. The molecule has 0 radical (unpaired) electrons. The van der Waals surface area contributed by atoms with E-state index < -0.39 is 0 Å². The zero-order chi connectivity index (χ0) is 35.0. The van der Waals surface area contributed by atoms with Crippen LogP contribution in [-0.4, -0.2) is 69.6 Å². The molecule has 3 saturated heterocycles. The van der Waals surface area contributed by atoms with Gasteiger partial charge in [-0.25, -0.2) is 0 Å². The van der Waals surface area contributed by atoms with Crippen molar-refractivity contribution >= 4 is 0 Å². The van der Waals surface area contributed by atoms with Crippen molar-refractivity contribution < 1.29 is 0 Å². The Morgan fingerprint density at radius 1 is 0.431 bits per heavy atom. The summed E-state index contributed by atoms with van der Waals surface area (Å²) in [6.45, 7) is 16.7. The summed E-state index contributed by atoms with van der Waals surface area (Å²) < 4.78 is 0. The van der Waals surface area contributed by atoms with E-state index in [9.17, 15) is 0 Å². The lowest BCUT2D eigenvalue weighted by molar-refractivity contribution is 0.0171. The molecule has 3 heterocycles. The molecule has 0 aromatic carbocycles. The number of likely N-dealkylation sites (tertiary alicyclic amines) is 3. The molecular weight excluding hydrogens is 619 g/mol. The lowest BCUT2D eigenvalue weighted by Crippen LogP contribution is -2.52. The van der Waals surface area contributed by atoms with Gasteiger partial charge >= 0.3 is 0 Å². The fourth-order valence-corrected chi connectivity index (χ4v) is 16.9. The highest BCUT2D eigenvalue weighted by molar-refractivity contribution is 5.13. The first kappa shape index (κ1) is 36.5. The van der Waals surface area contributed by atoms with Crippen LogP contribution in [-0.2, 0) is 0 Å². The molecule has 3 aliphatic heterocycles. The third-order valence-corrected chi connectivity index (χ3v) is 19.1. The monoisotopic (exact) mass is 702 g/mol. The van der Waals surface area contributed by atoms with E-state index in [0.717, 1.165) is 113 Å². The molecule has 6 aliphatic carbocycles. The molecule has 3 nitrogen and oxygen atoms in total. The Bertz CT molecular complexity index is 1040. The standard InChI is InChI=1S/C48H83N3/c1-7-9-10-34(8-2)29-49-43-21-15-35(50-45-17-11-30(3)23-37(45)38-24-31(4)12-18-46(38)50)27-41(43)42-28-36(16-22-44(42)49)51-47-19-13-32(5)25-39(47)40-26-33(6)14-20-48(40)51/h30-48H,7-29H2,1-6H3. The molecular formula is C48H83N3. The number of unbranched alkanes of at least 4 members (excludes halogenated alkanes) is 1. The molecule has 51 heavy (non-hydrogen) atoms. The summed E-state index contributed by atoms with van der Waals surface area (Å²) in [6, 6.07) is 7.26. The Labute approximate surface area is 316 Å². The van der Waals surface area contributed by atoms with Gasteiger partial charge < -0.3 is 0 Å². The number of hydrogen-bond donors (Lipinski definition) is 0. The minimum Gasteiger partial charge on any atom is -0.297 e. The van der Waals surface area contributed by atoms with Crippen LogP contribution in [0, 0.1) is 65.1 Å². The molecule has 9 rings (SSSR count). The maximum Gasteiger partial charge on any atom is 0.0133 e. The Morgan fingerprint density at radius 2 is 0.784 bits per heavy atom. The van der Waals surface area contributed by atoms with E-state index >= 15 is 0 Å². The summed E-state index contributed by atoms with van der Waals surface area (Å²) in [5.41, 5.74) is 0. The first-order chi connectivity index (χ1) is 24.8. The molecule has 19 unspecified atom stereocenters. The smallest absolute Gasteiger partial charge is 0.0133 e. The van der Waals surface area contributed by atoms with Gasteiger partial charge in [0, 0.05) is 54.9 Å². The Hall–Kier alpha value is -0.120. The fourth-order valence-electron chi connectivity index (χ4n) is 16.9. The zero-order valence-corrected chi connectivity index (χ0v) is 34.6. The van der Waals surface area contributed by atoms with Crippen LogP contribution in [0.4, 0.5) is 0 Å². The largest absolute Gasteiger partial charge is 0.297 e. The lowest BCUT2D eigenvalue weighted by Gasteiger charge is -2.48. The van der Waals surface area contributed by atoms with E-state index in [-0.39, 0.29) is 0 Å². The number of fused-ring (bicyclic) bond motifs is 9. The number of rotatable bonds is 8. The predicted molar refractivity (Wildman–Crippen MR) is 215 cm³/mol. The minimum atomic E-state index is 0.888. The van der Waals surface area contributed by atoms with Crippen molar-refractivity contribution in [3.05, 3.63) is 0 Å². The molecule has 6 saturated carbocycles. The van der Waals surface area contributed by atoms with Crippen molar-refractivity contribution in [1.82, 2.24) is 14.7 Å². The van der Waals surface area contributed by atoms with E-state index in [1.807, 2.05) is 0 Å². The van der Waals surface area contributed by atoms with Crippen LogP contribution < -0.4 is 0 Å². The van der Waals surface area contributed by atoms with E-state index in [4.69, 9.17) is 0 Å². The normalized spacial score (nSPS) is 52.4. The van der Waals surface area contributed by atoms with Crippen molar-refractivity contribution in [2.24, 2.45) is 65.1 Å². The van der Waals surface area contributed by atoms with Gasteiger partial charge in [-0.15, -0.1) is 0 Å². The van der Waals surface area contributed by atoms with Gasteiger partial charge in [-0.2, -0.15) is 0 Å². The van der Waals surface area contributed by atoms with E-state index in [1.165, 1.54) is 109 Å². The van der Waals surface area contributed by atoms with Crippen molar-refractivity contribution in [2.45, 2.75) is 231 Å². The second kappa shape index (κ2) is 15.1. The van der Waals surface area contributed by atoms with Crippen molar-refractivity contribution in [2.75, 3.05) is 6.54 Å². The molecule has 3 heteroatoms. The molecule has 0 spiro atoms. The maximum absolute atomic E-state index is 3.35. The van der Waals surface area contributed by atoms with Crippen LogP contribution in [0.5, 0.6) is 0 Å². The van der Waals surface area contributed by atoms with E-state index in [0.29, 0.717) is 0 Å². The second-order valence-electron chi connectivity index (χ2n) is 22.0. The summed E-state index contributed by atoms with van der Waals surface area (Å²) in [5, 5.41) is 0. The van der Waals surface area contributed by atoms with Gasteiger partial charge in [-0.1, -0.05) is 60.8 Å².